The normalized spacial score (nSPS) is 9.40. The second-order valence-electron chi connectivity index (χ2n) is 2.91. The number of rotatable bonds is 6. The van der Waals surface area contributed by atoms with E-state index in [1.807, 2.05) is 13.8 Å². The third kappa shape index (κ3) is 24.6. The molecule has 0 heterocycles. The Morgan fingerprint density at radius 1 is 1.13 bits per heavy atom. The lowest BCUT2D eigenvalue weighted by atomic mass is 10.1. The molecule has 0 aliphatic heterocycles. The summed E-state index contributed by atoms with van der Waals surface area (Å²) in [6, 6.07) is 0. The van der Waals surface area contributed by atoms with Crippen molar-refractivity contribution in [2.75, 3.05) is 0 Å². The first kappa shape index (κ1) is 19.6. The number of hydrogen-bond acceptors (Lipinski definition) is 3. The lowest BCUT2D eigenvalue weighted by molar-refractivity contribution is 0.629. The van der Waals surface area contributed by atoms with E-state index in [0.717, 1.165) is 12.1 Å². The zero-order valence-electron chi connectivity index (χ0n) is 10.7. The minimum Gasteiger partial charge on any atom is -0.403 e. The molecule has 0 radical (unpaired) electrons. The van der Waals surface area contributed by atoms with Gasteiger partial charge in [-0.2, -0.15) is 0 Å². The van der Waals surface area contributed by atoms with Gasteiger partial charge >= 0.3 is 0 Å². The van der Waals surface area contributed by atoms with Crippen molar-refractivity contribution in [1.29, 1.82) is 5.41 Å². The van der Waals surface area contributed by atoms with Crippen LogP contribution >= 0.6 is 0 Å². The molecule has 0 bridgehead atoms. The summed E-state index contributed by atoms with van der Waals surface area (Å²) < 4.78 is 0. The van der Waals surface area contributed by atoms with Crippen molar-refractivity contribution < 1.29 is 0 Å². The van der Waals surface area contributed by atoms with E-state index in [0.29, 0.717) is 0 Å². The van der Waals surface area contributed by atoms with Crippen LogP contribution in [0.1, 0.15) is 59.3 Å². The van der Waals surface area contributed by atoms with E-state index in [-0.39, 0.29) is 0 Å². The molecule has 3 nitrogen and oxygen atoms in total. The quantitative estimate of drug-likeness (QED) is 0.469. The van der Waals surface area contributed by atoms with Crippen molar-refractivity contribution in [2.24, 2.45) is 11.5 Å². The minimum absolute atomic E-state index is 0.821. The van der Waals surface area contributed by atoms with Crippen LogP contribution in [0.5, 0.6) is 0 Å². The van der Waals surface area contributed by atoms with E-state index in [2.05, 4.69) is 13.6 Å². The third-order valence-corrected chi connectivity index (χ3v) is 1.78. The molecule has 0 unspecified atom stereocenters. The molecule has 0 saturated heterocycles. The van der Waals surface area contributed by atoms with Crippen molar-refractivity contribution in [2.45, 2.75) is 59.3 Å². The van der Waals surface area contributed by atoms with Gasteiger partial charge in [0.05, 0.1) is 0 Å². The van der Waals surface area contributed by atoms with Gasteiger partial charge < -0.3 is 16.9 Å². The zero-order valence-corrected chi connectivity index (χ0v) is 10.7. The summed E-state index contributed by atoms with van der Waals surface area (Å²) in [6.07, 6.45) is 8.88. The van der Waals surface area contributed by atoms with Crippen molar-refractivity contribution in [3.8, 4) is 0 Å². The smallest absolute Gasteiger partial charge is 0.0238 e. The summed E-state index contributed by atoms with van der Waals surface area (Å²) in [5.41, 5.74) is 11.6. The van der Waals surface area contributed by atoms with Crippen LogP contribution in [-0.2, 0) is 0 Å². The zero-order chi connectivity index (χ0) is 12.5. The first-order valence-electron chi connectivity index (χ1n) is 5.82. The van der Waals surface area contributed by atoms with Crippen LogP contribution in [0.4, 0.5) is 0 Å². The second-order valence-corrected chi connectivity index (χ2v) is 2.91. The van der Waals surface area contributed by atoms with E-state index in [4.69, 9.17) is 16.9 Å². The van der Waals surface area contributed by atoms with E-state index in [1.54, 1.807) is 0 Å². The monoisotopic (exact) mass is 215 g/mol. The van der Waals surface area contributed by atoms with Gasteiger partial charge in [0.1, 0.15) is 0 Å². The van der Waals surface area contributed by atoms with Crippen LogP contribution in [0, 0.1) is 5.41 Å². The van der Waals surface area contributed by atoms with Gasteiger partial charge in [0.25, 0.3) is 0 Å². The average Bonchev–Trinajstić information content (AvgIpc) is 2.33. The molecule has 0 fully saturated rings. The van der Waals surface area contributed by atoms with Gasteiger partial charge in [-0.3, -0.25) is 0 Å². The Labute approximate surface area is 95.4 Å². The summed E-state index contributed by atoms with van der Waals surface area (Å²) in [5.74, 6) is 0. The molecule has 0 aliphatic carbocycles. The Bertz CT molecular complexity index is 122. The Hall–Kier alpha value is -0.990. The number of hydrogen-bond donors (Lipinski definition) is 3. The van der Waals surface area contributed by atoms with Crippen LogP contribution in [0.3, 0.4) is 0 Å². The Balaban J connectivity index is -0.000000318. The lowest BCUT2D eigenvalue weighted by Gasteiger charge is -1.99. The highest BCUT2D eigenvalue weighted by Crippen LogP contribution is 2.06. The molecule has 0 aromatic heterocycles. The fourth-order valence-corrected chi connectivity index (χ4v) is 1.02. The average molecular weight is 215 g/mol. The number of nitrogens with two attached hydrogens (primary N) is 2. The Morgan fingerprint density at radius 2 is 1.60 bits per heavy atom. The molecule has 0 amide bonds. The van der Waals surface area contributed by atoms with Crippen molar-refractivity contribution >= 4 is 6.72 Å². The van der Waals surface area contributed by atoms with Gasteiger partial charge in [0, 0.05) is 11.9 Å². The van der Waals surface area contributed by atoms with E-state index >= 15 is 0 Å². The fraction of sp³-hybridized carbons (Fsp3) is 0.750. The van der Waals surface area contributed by atoms with E-state index in [1.165, 1.54) is 38.3 Å². The maximum Gasteiger partial charge on any atom is 0.0238 e. The SMILES string of the molecule is C=N.CC.CCCCCCC/C(N)=C/N. The summed E-state index contributed by atoms with van der Waals surface area (Å²) in [6.45, 7) is 8.72. The summed E-state index contributed by atoms with van der Waals surface area (Å²) in [7, 11) is 0. The summed E-state index contributed by atoms with van der Waals surface area (Å²) >= 11 is 0. The fourth-order valence-electron chi connectivity index (χ4n) is 1.02. The van der Waals surface area contributed by atoms with Gasteiger partial charge in [0.15, 0.2) is 0 Å². The number of unbranched alkanes of at least 4 members (excludes halogenated alkanes) is 4. The highest BCUT2D eigenvalue weighted by atomic mass is 14.6. The molecular weight excluding hydrogens is 186 g/mol. The Kier molecular flexibility index (Phi) is 30.1. The molecule has 0 saturated carbocycles. The minimum atomic E-state index is 0.821. The Morgan fingerprint density at radius 3 is 2.00 bits per heavy atom. The standard InChI is InChI=1S/C9H20N2.C2H6.CH3N/c1-2-3-4-5-6-7-9(11)8-10;2*1-2/h8H,2-7,10-11H2,1H3;1-2H3;2H,1H2/b9-8-;;. The number of allylic oxidation sites excluding steroid dienone is 1. The van der Waals surface area contributed by atoms with Crippen molar-refractivity contribution in [3.63, 3.8) is 0 Å². The molecule has 15 heavy (non-hydrogen) atoms. The van der Waals surface area contributed by atoms with E-state index in [9.17, 15) is 0 Å². The van der Waals surface area contributed by atoms with Crippen LogP contribution in [-0.4, -0.2) is 6.72 Å². The molecule has 5 N–H and O–H groups in total. The molecule has 0 aliphatic rings. The predicted molar refractivity (Wildman–Crippen MR) is 71.0 cm³/mol. The summed E-state index contributed by atoms with van der Waals surface area (Å²) in [5, 5.41) is 5.50. The maximum atomic E-state index is 5.52. The molecule has 0 aromatic rings. The maximum absolute atomic E-state index is 5.52. The molecule has 0 aromatic carbocycles. The van der Waals surface area contributed by atoms with Gasteiger partial charge in [-0.25, -0.2) is 0 Å². The molecule has 92 valence electrons. The van der Waals surface area contributed by atoms with Gasteiger partial charge in [-0.15, -0.1) is 0 Å². The molecule has 0 rings (SSSR count). The lowest BCUT2D eigenvalue weighted by Crippen LogP contribution is -2.00. The van der Waals surface area contributed by atoms with Crippen molar-refractivity contribution in [1.82, 2.24) is 0 Å². The van der Waals surface area contributed by atoms with Crippen molar-refractivity contribution in [3.05, 3.63) is 11.9 Å². The second kappa shape index (κ2) is 23.1. The number of nitrogens with one attached hydrogen (secondary N) is 1. The summed E-state index contributed by atoms with van der Waals surface area (Å²) in [4.78, 5) is 0. The highest BCUT2D eigenvalue weighted by Gasteiger charge is 1.90. The largest absolute Gasteiger partial charge is 0.403 e. The first-order valence-corrected chi connectivity index (χ1v) is 5.82. The predicted octanol–water partition coefficient (Wildman–Crippen LogP) is 3.40. The highest BCUT2D eigenvalue weighted by molar-refractivity contribution is 5.15. The topological polar surface area (TPSA) is 75.9 Å². The molecule has 0 spiro atoms. The van der Waals surface area contributed by atoms with Gasteiger partial charge in [-0.05, 0) is 19.6 Å². The van der Waals surface area contributed by atoms with Gasteiger partial charge in [-0.1, -0.05) is 46.5 Å². The van der Waals surface area contributed by atoms with E-state index < -0.39 is 0 Å². The molecule has 3 heteroatoms. The van der Waals surface area contributed by atoms with Crippen LogP contribution in [0.15, 0.2) is 11.9 Å². The van der Waals surface area contributed by atoms with Crippen LogP contribution in [0.25, 0.3) is 0 Å². The third-order valence-electron chi connectivity index (χ3n) is 1.78. The molecular formula is C12H29N3. The van der Waals surface area contributed by atoms with Crippen LogP contribution in [0.2, 0.25) is 0 Å². The first-order chi connectivity index (χ1) is 7.31. The molecule has 0 atom stereocenters. The van der Waals surface area contributed by atoms with Crippen LogP contribution < -0.4 is 11.5 Å². The van der Waals surface area contributed by atoms with Gasteiger partial charge in [0.2, 0.25) is 0 Å².